The lowest BCUT2D eigenvalue weighted by Gasteiger charge is -2.09. The van der Waals surface area contributed by atoms with Crippen LogP contribution in [0, 0.1) is 5.92 Å². The Morgan fingerprint density at radius 2 is 2.36 bits per heavy atom. The standard InChI is InChI=1S/C11H16N2O/c1-3-6-9(2)11(14)13-10-7-4-5-8-12-10/h4-5,7-9H,3,6H2,1-2H3,(H,12,13,14). The van der Waals surface area contributed by atoms with Crippen molar-refractivity contribution >= 4 is 11.7 Å². The predicted molar refractivity (Wildman–Crippen MR) is 56.9 cm³/mol. The van der Waals surface area contributed by atoms with Crippen LogP contribution < -0.4 is 5.32 Å². The molecule has 1 amide bonds. The van der Waals surface area contributed by atoms with Crippen LogP contribution in [-0.2, 0) is 4.79 Å². The third-order valence-electron chi connectivity index (χ3n) is 2.09. The van der Waals surface area contributed by atoms with E-state index >= 15 is 0 Å². The molecule has 76 valence electrons. The molecule has 0 saturated heterocycles. The van der Waals surface area contributed by atoms with Crippen LogP contribution in [0.1, 0.15) is 26.7 Å². The van der Waals surface area contributed by atoms with Gasteiger partial charge in [0.15, 0.2) is 0 Å². The van der Waals surface area contributed by atoms with Crippen LogP contribution >= 0.6 is 0 Å². The van der Waals surface area contributed by atoms with Crippen LogP contribution in [0.15, 0.2) is 24.4 Å². The number of carbonyl (C=O) groups is 1. The van der Waals surface area contributed by atoms with Crippen LogP contribution in [0.2, 0.25) is 0 Å². The molecule has 0 spiro atoms. The van der Waals surface area contributed by atoms with Gasteiger partial charge < -0.3 is 5.32 Å². The zero-order chi connectivity index (χ0) is 10.4. The molecule has 1 rings (SSSR count). The van der Waals surface area contributed by atoms with Crippen LogP contribution in [0.4, 0.5) is 5.82 Å². The quantitative estimate of drug-likeness (QED) is 0.796. The van der Waals surface area contributed by atoms with Gasteiger partial charge in [-0.3, -0.25) is 4.79 Å². The van der Waals surface area contributed by atoms with E-state index in [0.29, 0.717) is 5.82 Å². The van der Waals surface area contributed by atoms with Gasteiger partial charge in [-0.1, -0.05) is 26.3 Å². The first-order valence-electron chi connectivity index (χ1n) is 4.96. The molecule has 1 heterocycles. The van der Waals surface area contributed by atoms with Crippen molar-refractivity contribution in [2.75, 3.05) is 5.32 Å². The Kier molecular flexibility index (Phi) is 4.11. The average Bonchev–Trinajstić information content (AvgIpc) is 2.19. The molecule has 0 fully saturated rings. The van der Waals surface area contributed by atoms with Crippen molar-refractivity contribution in [2.24, 2.45) is 5.92 Å². The number of aromatic nitrogens is 1. The molecule has 3 heteroatoms. The minimum absolute atomic E-state index is 0.0468. The number of amides is 1. The lowest BCUT2D eigenvalue weighted by Crippen LogP contribution is -2.20. The molecule has 0 radical (unpaired) electrons. The van der Waals surface area contributed by atoms with Crippen LogP contribution in [0.25, 0.3) is 0 Å². The average molecular weight is 192 g/mol. The number of rotatable bonds is 4. The molecule has 0 saturated carbocycles. The molecule has 14 heavy (non-hydrogen) atoms. The van der Waals surface area contributed by atoms with Gasteiger partial charge in [-0.15, -0.1) is 0 Å². The second-order valence-corrected chi connectivity index (χ2v) is 3.39. The van der Waals surface area contributed by atoms with Gasteiger partial charge in [0.2, 0.25) is 5.91 Å². The Morgan fingerprint density at radius 3 is 2.93 bits per heavy atom. The van der Waals surface area contributed by atoms with Gasteiger partial charge in [0.05, 0.1) is 0 Å². The van der Waals surface area contributed by atoms with E-state index in [1.54, 1.807) is 12.3 Å². The molecule has 0 aliphatic heterocycles. The summed E-state index contributed by atoms with van der Waals surface area (Å²) < 4.78 is 0. The highest BCUT2D eigenvalue weighted by Gasteiger charge is 2.11. The Balaban J connectivity index is 2.49. The SMILES string of the molecule is CCCC(C)C(=O)Nc1ccccn1. The normalized spacial score (nSPS) is 12.1. The molecule has 0 aliphatic carbocycles. The molecule has 0 aliphatic rings. The monoisotopic (exact) mass is 192 g/mol. The highest BCUT2D eigenvalue weighted by molar-refractivity contribution is 5.91. The first kappa shape index (κ1) is 10.7. The highest BCUT2D eigenvalue weighted by atomic mass is 16.1. The van der Waals surface area contributed by atoms with E-state index in [2.05, 4.69) is 17.2 Å². The molecule has 1 N–H and O–H groups in total. The number of anilines is 1. The Labute approximate surface area is 84.6 Å². The Morgan fingerprint density at radius 1 is 1.57 bits per heavy atom. The van der Waals surface area contributed by atoms with Gasteiger partial charge >= 0.3 is 0 Å². The van der Waals surface area contributed by atoms with E-state index in [1.807, 2.05) is 19.1 Å². The van der Waals surface area contributed by atoms with Crippen LogP contribution in [0.5, 0.6) is 0 Å². The summed E-state index contributed by atoms with van der Waals surface area (Å²) >= 11 is 0. The lowest BCUT2D eigenvalue weighted by molar-refractivity contribution is -0.119. The zero-order valence-corrected chi connectivity index (χ0v) is 8.66. The van der Waals surface area contributed by atoms with E-state index in [1.165, 1.54) is 0 Å². The number of nitrogens with zero attached hydrogens (tertiary/aromatic N) is 1. The van der Waals surface area contributed by atoms with Crippen molar-refractivity contribution in [3.8, 4) is 0 Å². The predicted octanol–water partition coefficient (Wildman–Crippen LogP) is 2.46. The summed E-state index contributed by atoms with van der Waals surface area (Å²) in [6, 6.07) is 5.47. The molecule has 1 aromatic heterocycles. The van der Waals surface area contributed by atoms with Gasteiger partial charge in [-0.05, 0) is 18.6 Å². The van der Waals surface area contributed by atoms with Gasteiger partial charge in [-0.2, -0.15) is 0 Å². The molecular formula is C11H16N2O. The Bertz CT molecular complexity index is 285. The topological polar surface area (TPSA) is 42.0 Å². The fraction of sp³-hybridized carbons (Fsp3) is 0.455. The van der Waals surface area contributed by atoms with E-state index in [0.717, 1.165) is 12.8 Å². The second kappa shape index (κ2) is 5.37. The van der Waals surface area contributed by atoms with Crippen LogP contribution in [-0.4, -0.2) is 10.9 Å². The largest absolute Gasteiger partial charge is 0.310 e. The minimum Gasteiger partial charge on any atom is -0.310 e. The minimum atomic E-state index is 0.0468. The van der Waals surface area contributed by atoms with Crippen molar-refractivity contribution in [2.45, 2.75) is 26.7 Å². The zero-order valence-electron chi connectivity index (χ0n) is 8.66. The molecule has 0 bridgehead atoms. The van der Waals surface area contributed by atoms with Gasteiger partial charge in [0, 0.05) is 12.1 Å². The first-order valence-corrected chi connectivity index (χ1v) is 4.96. The fourth-order valence-electron chi connectivity index (χ4n) is 1.25. The number of nitrogens with one attached hydrogen (secondary N) is 1. The Hall–Kier alpha value is -1.38. The number of hydrogen-bond donors (Lipinski definition) is 1. The number of hydrogen-bond acceptors (Lipinski definition) is 2. The van der Waals surface area contributed by atoms with Crippen molar-refractivity contribution in [3.05, 3.63) is 24.4 Å². The van der Waals surface area contributed by atoms with Crippen molar-refractivity contribution < 1.29 is 4.79 Å². The fourth-order valence-corrected chi connectivity index (χ4v) is 1.25. The summed E-state index contributed by atoms with van der Waals surface area (Å²) in [5, 5.41) is 2.78. The summed E-state index contributed by atoms with van der Waals surface area (Å²) in [7, 11) is 0. The molecule has 1 aromatic rings. The maximum Gasteiger partial charge on any atom is 0.228 e. The molecule has 0 aromatic carbocycles. The van der Waals surface area contributed by atoms with Crippen molar-refractivity contribution in [3.63, 3.8) is 0 Å². The highest BCUT2D eigenvalue weighted by Crippen LogP contribution is 2.08. The third-order valence-corrected chi connectivity index (χ3v) is 2.09. The maximum atomic E-state index is 11.6. The summed E-state index contributed by atoms with van der Waals surface area (Å²) in [5.41, 5.74) is 0. The molecule has 3 nitrogen and oxygen atoms in total. The van der Waals surface area contributed by atoms with Crippen molar-refractivity contribution in [1.29, 1.82) is 0 Å². The van der Waals surface area contributed by atoms with Gasteiger partial charge in [-0.25, -0.2) is 4.98 Å². The van der Waals surface area contributed by atoms with E-state index in [4.69, 9.17) is 0 Å². The summed E-state index contributed by atoms with van der Waals surface area (Å²) in [5.74, 6) is 0.730. The lowest BCUT2D eigenvalue weighted by atomic mass is 10.1. The first-order chi connectivity index (χ1) is 6.74. The number of pyridine rings is 1. The number of carbonyl (C=O) groups excluding carboxylic acids is 1. The maximum absolute atomic E-state index is 11.6. The molecule has 1 atom stereocenters. The summed E-state index contributed by atoms with van der Waals surface area (Å²) in [6.07, 6.45) is 3.61. The second-order valence-electron chi connectivity index (χ2n) is 3.39. The van der Waals surface area contributed by atoms with Crippen LogP contribution in [0.3, 0.4) is 0 Å². The summed E-state index contributed by atoms with van der Waals surface area (Å²) in [4.78, 5) is 15.6. The van der Waals surface area contributed by atoms with E-state index < -0.39 is 0 Å². The van der Waals surface area contributed by atoms with E-state index in [9.17, 15) is 4.79 Å². The van der Waals surface area contributed by atoms with E-state index in [-0.39, 0.29) is 11.8 Å². The van der Waals surface area contributed by atoms with Crippen molar-refractivity contribution in [1.82, 2.24) is 4.98 Å². The molecule has 1 unspecified atom stereocenters. The third kappa shape index (κ3) is 3.17. The van der Waals surface area contributed by atoms with Gasteiger partial charge in [0.25, 0.3) is 0 Å². The summed E-state index contributed by atoms with van der Waals surface area (Å²) in [6.45, 7) is 4.01. The molecular weight excluding hydrogens is 176 g/mol. The van der Waals surface area contributed by atoms with Gasteiger partial charge in [0.1, 0.15) is 5.82 Å². The smallest absolute Gasteiger partial charge is 0.228 e.